The van der Waals surface area contributed by atoms with E-state index in [0.717, 1.165) is 11.3 Å². The van der Waals surface area contributed by atoms with Gasteiger partial charge in [-0.15, -0.1) is 0 Å². The van der Waals surface area contributed by atoms with Gasteiger partial charge in [0.1, 0.15) is 5.75 Å². The molecule has 1 aromatic rings. The molecule has 0 spiro atoms. The minimum Gasteiger partial charge on any atom is -0.496 e. The number of benzene rings is 1. The smallest absolute Gasteiger partial charge is 0.247 e. The fourth-order valence-corrected chi connectivity index (χ4v) is 6.99. The van der Waals surface area contributed by atoms with E-state index in [2.05, 4.69) is 4.99 Å². The first-order valence-corrected chi connectivity index (χ1v) is 10.5. The highest BCUT2D eigenvalue weighted by Crippen LogP contribution is 2.39. The summed E-state index contributed by atoms with van der Waals surface area (Å²) in [6, 6.07) is 7.47. The topological polar surface area (TPSA) is 76.0 Å². The zero-order valence-corrected chi connectivity index (χ0v) is 15.3. The highest BCUT2D eigenvalue weighted by Gasteiger charge is 2.48. The Morgan fingerprint density at radius 3 is 2.83 bits per heavy atom. The predicted octanol–water partition coefficient (Wildman–Crippen LogP) is 1.70. The van der Waals surface area contributed by atoms with Crippen molar-refractivity contribution >= 4 is 32.7 Å². The Bertz CT molecular complexity index is 776. The zero-order chi connectivity index (χ0) is 17.3. The van der Waals surface area contributed by atoms with Crippen molar-refractivity contribution < 1.29 is 17.9 Å². The van der Waals surface area contributed by atoms with Crippen molar-refractivity contribution in [1.29, 1.82) is 0 Å². The SMILES string of the molecule is CCC(=O)N=C1S[C@H]2CS(=O)(=O)C[C@@H]2N1Cc1ccccc1OC. The Labute approximate surface area is 146 Å². The monoisotopic (exact) mass is 368 g/mol. The summed E-state index contributed by atoms with van der Waals surface area (Å²) in [5.41, 5.74) is 0.946. The van der Waals surface area contributed by atoms with Crippen LogP contribution < -0.4 is 4.74 Å². The molecule has 2 aliphatic rings. The van der Waals surface area contributed by atoms with E-state index in [1.807, 2.05) is 29.2 Å². The lowest BCUT2D eigenvalue weighted by molar-refractivity contribution is -0.117. The van der Waals surface area contributed by atoms with Crippen LogP contribution in [0.3, 0.4) is 0 Å². The Balaban J connectivity index is 1.93. The number of nitrogens with zero attached hydrogens (tertiary/aromatic N) is 2. The largest absolute Gasteiger partial charge is 0.496 e. The molecule has 0 aromatic heterocycles. The highest BCUT2D eigenvalue weighted by atomic mass is 32.2. The number of carbonyl (C=O) groups is 1. The number of fused-ring (bicyclic) bond motifs is 1. The number of rotatable bonds is 4. The van der Waals surface area contributed by atoms with E-state index in [-0.39, 0.29) is 28.7 Å². The minimum atomic E-state index is -3.04. The lowest BCUT2D eigenvalue weighted by Crippen LogP contribution is -2.37. The lowest BCUT2D eigenvalue weighted by atomic mass is 10.1. The van der Waals surface area contributed by atoms with E-state index < -0.39 is 9.84 Å². The molecule has 6 nitrogen and oxygen atoms in total. The maximum Gasteiger partial charge on any atom is 0.247 e. The van der Waals surface area contributed by atoms with Crippen molar-refractivity contribution in [3.8, 4) is 5.75 Å². The molecule has 3 rings (SSSR count). The second-order valence-corrected chi connectivity index (χ2v) is 9.24. The van der Waals surface area contributed by atoms with E-state index in [1.54, 1.807) is 14.0 Å². The Hall–Kier alpha value is -1.54. The van der Waals surface area contributed by atoms with Gasteiger partial charge in [0.2, 0.25) is 5.91 Å². The molecule has 8 heteroatoms. The molecule has 2 atom stereocenters. The fraction of sp³-hybridized carbons (Fsp3) is 0.500. The molecule has 24 heavy (non-hydrogen) atoms. The van der Waals surface area contributed by atoms with Gasteiger partial charge in [0.15, 0.2) is 15.0 Å². The van der Waals surface area contributed by atoms with E-state index in [9.17, 15) is 13.2 Å². The van der Waals surface area contributed by atoms with Gasteiger partial charge in [-0.3, -0.25) is 4.79 Å². The number of thioether (sulfide) groups is 1. The molecule has 0 radical (unpaired) electrons. The van der Waals surface area contributed by atoms with Gasteiger partial charge < -0.3 is 9.64 Å². The number of methoxy groups -OCH3 is 1. The highest BCUT2D eigenvalue weighted by molar-refractivity contribution is 8.15. The average Bonchev–Trinajstić information content (AvgIpc) is 3.00. The van der Waals surface area contributed by atoms with Gasteiger partial charge in [-0.25, -0.2) is 8.42 Å². The quantitative estimate of drug-likeness (QED) is 0.805. The normalized spacial score (nSPS) is 26.6. The lowest BCUT2D eigenvalue weighted by Gasteiger charge is -2.25. The van der Waals surface area contributed by atoms with Crippen molar-refractivity contribution in [3.63, 3.8) is 0 Å². The first kappa shape index (κ1) is 17.3. The van der Waals surface area contributed by atoms with Gasteiger partial charge >= 0.3 is 0 Å². The molecule has 0 saturated carbocycles. The van der Waals surface area contributed by atoms with Crippen LogP contribution in [0.4, 0.5) is 0 Å². The molecule has 2 heterocycles. The van der Waals surface area contributed by atoms with Gasteiger partial charge in [0.25, 0.3) is 0 Å². The van der Waals surface area contributed by atoms with E-state index in [1.165, 1.54) is 11.8 Å². The van der Waals surface area contributed by atoms with Gasteiger partial charge in [-0.05, 0) is 6.07 Å². The number of hydrogen-bond acceptors (Lipinski definition) is 5. The zero-order valence-electron chi connectivity index (χ0n) is 13.6. The maximum atomic E-state index is 12.0. The predicted molar refractivity (Wildman–Crippen MR) is 95.1 cm³/mol. The first-order chi connectivity index (χ1) is 11.4. The summed E-state index contributed by atoms with van der Waals surface area (Å²) in [6.07, 6.45) is 0.334. The van der Waals surface area contributed by atoms with Gasteiger partial charge in [0, 0.05) is 23.8 Å². The Morgan fingerprint density at radius 2 is 2.12 bits per heavy atom. The van der Waals surface area contributed by atoms with Crippen molar-refractivity contribution in [2.45, 2.75) is 31.2 Å². The first-order valence-electron chi connectivity index (χ1n) is 7.80. The number of aliphatic imine (C=N–C) groups is 1. The van der Waals surface area contributed by atoms with Crippen LogP contribution in [-0.4, -0.2) is 54.3 Å². The number of ether oxygens (including phenoxy) is 1. The summed E-state index contributed by atoms with van der Waals surface area (Å²) >= 11 is 1.40. The number of sulfone groups is 1. The standard InChI is InChI=1S/C16H20N2O4S2/c1-3-15(19)17-16-18(8-11-6-4-5-7-13(11)22-2)12-9-24(20,21)10-14(12)23-16/h4-7,12,14H,3,8-10H2,1-2H3/t12-,14-/m0/s1. The molecule has 2 aliphatic heterocycles. The summed E-state index contributed by atoms with van der Waals surface area (Å²) in [6.45, 7) is 2.24. The second-order valence-electron chi connectivity index (χ2n) is 5.88. The third-order valence-electron chi connectivity index (χ3n) is 4.23. The molecule has 2 saturated heterocycles. The molecule has 2 fully saturated rings. The molecule has 1 aromatic carbocycles. The Morgan fingerprint density at radius 1 is 1.38 bits per heavy atom. The third-order valence-corrected chi connectivity index (χ3v) is 7.48. The number of amides is 1. The molecule has 0 bridgehead atoms. The Kier molecular flexibility index (Phi) is 4.87. The second kappa shape index (κ2) is 6.76. The molecule has 0 aliphatic carbocycles. The number of para-hydroxylation sites is 1. The summed E-state index contributed by atoms with van der Waals surface area (Å²) < 4.78 is 29.3. The van der Waals surface area contributed by atoms with Crippen LogP contribution in [-0.2, 0) is 21.2 Å². The maximum absolute atomic E-state index is 12.0. The van der Waals surface area contributed by atoms with Crippen molar-refractivity contribution in [2.24, 2.45) is 4.99 Å². The van der Waals surface area contributed by atoms with Crippen LogP contribution in [0.5, 0.6) is 5.75 Å². The van der Waals surface area contributed by atoms with Crippen molar-refractivity contribution in [2.75, 3.05) is 18.6 Å². The number of carbonyl (C=O) groups excluding carboxylic acids is 1. The molecule has 1 amide bonds. The molecule has 0 unspecified atom stereocenters. The van der Waals surface area contributed by atoms with E-state index in [0.29, 0.717) is 18.1 Å². The van der Waals surface area contributed by atoms with Crippen LogP contribution in [0.2, 0.25) is 0 Å². The summed E-state index contributed by atoms with van der Waals surface area (Å²) in [4.78, 5) is 17.9. The van der Waals surface area contributed by atoms with Gasteiger partial charge in [0.05, 0.1) is 24.7 Å². The van der Waals surface area contributed by atoms with Crippen LogP contribution >= 0.6 is 11.8 Å². The van der Waals surface area contributed by atoms with Crippen molar-refractivity contribution in [3.05, 3.63) is 29.8 Å². The summed E-state index contributed by atoms with van der Waals surface area (Å²) in [5, 5.41) is 0.561. The average molecular weight is 368 g/mol. The van der Waals surface area contributed by atoms with Crippen molar-refractivity contribution in [1.82, 2.24) is 4.90 Å². The van der Waals surface area contributed by atoms with Crippen LogP contribution in [0, 0.1) is 0 Å². The fourth-order valence-electron chi connectivity index (χ4n) is 3.02. The number of hydrogen-bond donors (Lipinski definition) is 0. The molecular weight excluding hydrogens is 348 g/mol. The molecule has 0 N–H and O–H groups in total. The minimum absolute atomic E-state index is 0.0619. The molecule has 130 valence electrons. The van der Waals surface area contributed by atoms with E-state index in [4.69, 9.17) is 4.74 Å². The number of amidine groups is 1. The summed E-state index contributed by atoms with van der Waals surface area (Å²) in [7, 11) is -1.43. The van der Waals surface area contributed by atoms with E-state index >= 15 is 0 Å². The van der Waals surface area contributed by atoms with Gasteiger partial charge in [-0.2, -0.15) is 4.99 Å². The van der Waals surface area contributed by atoms with Crippen LogP contribution in [0.1, 0.15) is 18.9 Å². The molecular formula is C16H20N2O4S2. The van der Waals surface area contributed by atoms with Gasteiger partial charge in [-0.1, -0.05) is 36.9 Å². The van der Waals surface area contributed by atoms with Crippen LogP contribution in [0.25, 0.3) is 0 Å². The van der Waals surface area contributed by atoms with Crippen LogP contribution in [0.15, 0.2) is 29.3 Å². The summed E-state index contributed by atoms with van der Waals surface area (Å²) in [5.74, 6) is 0.807. The third kappa shape index (κ3) is 3.44.